The zero-order valence-corrected chi connectivity index (χ0v) is 14.0. The number of piperidine rings is 1. The Balaban J connectivity index is 1.80. The summed E-state index contributed by atoms with van der Waals surface area (Å²) in [6, 6.07) is 0. The highest BCUT2D eigenvalue weighted by molar-refractivity contribution is 7.03. The maximum atomic E-state index is 12.0. The molecule has 0 spiro atoms. The molecule has 1 aliphatic rings. The molecule has 0 aliphatic carbocycles. The average Bonchev–Trinajstić information content (AvgIpc) is 2.88. The number of hydrogen-bond acceptors (Lipinski definition) is 6. The third-order valence-electron chi connectivity index (χ3n) is 3.62. The Morgan fingerprint density at radius 3 is 2.67 bits per heavy atom. The molecule has 7 heteroatoms. The fourth-order valence-electron chi connectivity index (χ4n) is 2.25. The summed E-state index contributed by atoms with van der Waals surface area (Å²) in [7, 11) is 0. The predicted octanol–water partition coefficient (Wildman–Crippen LogP) is 2.42. The minimum atomic E-state index is -0.437. The number of amides is 1. The van der Waals surface area contributed by atoms with Gasteiger partial charge in [-0.1, -0.05) is 4.49 Å². The predicted molar refractivity (Wildman–Crippen MR) is 82.2 cm³/mol. The van der Waals surface area contributed by atoms with E-state index < -0.39 is 5.60 Å². The van der Waals surface area contributed by atoms with Crippen molar-refractivity contribution in [3.05, 3.63) is 11.1 Å². The molecule has 1 aromatic rings. The van der Waals surface area contributed by atoms with Crippen LogP contribution in [0.25, 0.3) is 0 Å². The first kappa shape index (κ1) is 16.2. The highest BCUT2D eigenvalue weighted by Crippen LogP contribution is 2.23. The largest absolute Gasteiger partial charge is 0.444 e. The van der Waals surface area contributed by atoms with E-state index in [1.54, 1.807) is 4.90 Å². The molecule has 2 heterocycles. The Bertz CT molecular complexity index is 462. The van der Waals surface area contributed by atoms with E-state index in [2.05, 4.69) is 21.8 Å². The maximum Gasteiger partial charge on any atom is 0.410 e. The first-order chi connectivity index (χ1) is 9.77. The van der Waals surface area contributed by atoms with Crippen molar-refractivity contribution >= 4 is 17.6 Å². The first-order valence-electron chi connectivity index (χ1n) is 7.26. The smallest absolute Gasteiger partial charge is 0.410 e. The second-order valence-electron chi connectivity index (χ2n) is 6.78. The van der Waals surface area contributed by atoms with Gasteiger partial charge in [0.25, 0.3) is 0 Å². The lowest BCUT2D eigenvalue weighted by Gasteiger charge is -2.40. The lowest BCUT2D eigenvalue weighted by Crippen LogP contribution is -2.53. The van der Waals surface area contributed by atoms with E-state index in [0.29, 0.717) is 13.1 Å². The van der Waals surface area contributed by atoms with Crippen molar-refractivity contribution in [1.82, 2.24) is 19.8 Å². The molecule has 0 atom stereocenters. The lowest BCUT2D eigenvalue weighted by molar-refractivity contribution is 0.0156. The van der Waals surface area contributed by atoms with Crippen LogP contribution in [0.15, 0.2) is 5.38 Å². The van der Waals surface area contributed by atoms with Gasteiger partial charge in [0.2, 0.25) is 0 Å². The molecule has 0 saturated carbocycles. The Morgan fingerprint density at radius 2 is 2.14 bits per heavy atom. The molecular formula is C14H24N4O2S. The zero-order valence-electron chi connectivity index (χ0n) is 13.2. The third kappa shape index (κ3) is 4.93. The summed E-state index contributed by atoms with van der Waals surface area (Å²) in [6.07, 6.45) is 1.60. The molecule has 1 fully saturated rings. The second-order valence-corrected chi connectivity index (χ2v) is 7.39. The topological polar surface area (TPSA) is 67.4 Å². The number of hydrogen-bond donors (Lipinski definition) is 1. The molecule has 6 nitrogen and oxygen atoms in total. The first-order valence-corrected chi connectivity index (χ1v) is 8.10. The molecule has 0 unspecified atom stereocenters. The average molecular weight is 312 g/mol. The number of nitrogens with one attached hydrogen (secondary N) is 1. The van der Waals surface area contributed by atoms with Crippen LogP contribution in [0.4, 0.5) is 4.79 Å². The van der Waals surface area contributed by atoms with Gasteiger partial charge in [0.1, 0.15) is 5.60 Å². The Kier molecular flexibility index (Phi) is 4.83. The van der Waals surface area contributed by atoms with Gasteiger partial charge in [-0.25, -0.2) is 4.79 Å². The quantitative estimate of drug-likeness (QED) is 0.928. The highest BCUT2D eigenvalue weighted by Gasteiger charge is 2.33. The number of carbonyl (C=O) groups is 1. The monoisotopic (exact) mass is 312 g/mol. The van der Waals surface area contributed by atoms with Gasteiger partial charge in [0.15, 0.2) is 0 Å². The van der Waals surface area contributed by atoms with Crippen molar-refractivity contribution in [1.29, 1.82) is 0 Å². The van der Waals surface area contributed by atoms with Crippen molar-refractivity contribution in [2.45, 2.75) is 58.2 Å². The van der Waals surface area contributed by atoms with E-state index in [1.807, 2.05) is 26.2 Å². The minimum absolute atomic E-state index is 0.0299. The number of rotatable bonds is 3. The van der Waals surface area contributed by atoms with Crippen LogP contribution in [0.1, 0.15) is 46.2 Å². The standard InChI is InChI=1S/C14H24N4O2S/c1-13(2,3)20-12(19)18-7-5-14(4,6-8-18)15-9-11-10-21-17-16-11/h10,15H,5-9H2,1-4H3. The SMILES string of the molecule is CC1(NCc2csnn2)CCN(C(=O)OC(C)(C)C)CC1. The molecule has 0 radical (unpaired) electrons. The summed E-state index contributed by atoms with van der Waals surface area (Å²) in [5.74, 6) is 0. The van der Waals surface area contributed by atoms with Crippen LogP contribution in [0.3, 0.4) is 0 Å². The molecule has 0 bridgehead atoms. The van der Waals surface area contributed by atoms with Crippen molar-refractivity contribution < 1.29 is 9.53 Å². The van der Waals surface area contributed by atoms with Gasteiger partial charge in [0.05, 0.1) is 5.69 Å². The van der Waals surface area contributed by atoms with Crippen LogP contribution < -0.4 is 5.32 Å². The van der Waals surface area contributed by atoms with Crippen LogP contribution in [-0.2, 0) is 11.3 Å². The molecule has 1 saturated heterocycles. The molecule has 1 N–H and O–H groups in total. The van der Waals surface area contributed by atoms with Crippen molar-refractivity contribution in [3.63, 3.8) is 0 Å². The van der Waals surface area contributed by atoms with Gasteiger partial charge in [-0.15, -0.1) is 5.10 Å². The molecule has 1 aromatic heterocycles. The third-order valence-corrected chi connectivity index (χ3v) is 4.17. The van der Waals surface area contributed by atoms with Crippen LogP contribution in [0, 0.1) is 0 Å². The maximum absolute atomic E-state index is 12.0. The van der Waals surface area contributed by atoms with Crippen LogP contribution in [-0.4, -0.2) is 44.8 Å². The molecule has 21 heavy (non-hydrogen) atoms. The van der Waals surface area contributed by atoms with Gasteiger partial charge in [-0.2, -0.15) is 0 Å². The van der Waals surface area contributed by atoms with Crippen molar-refractivity contribution in [3.8, 4) is 0 Å². The van der Waals surface area contributed by atoms with Crippen LogP contribution >= 0.6 is 11.5 Å². The minimum Gasteiger partial charge on any atom is -0.444 e. The van der Waals surface area contributed by atoms with Crippen molar-refractivity contribution in [2.24, 2.45) is 0 Å². The number of nitrogens with zero attached hydrogens (tertiary/aromatic N) is 3. The molecule has 118 valence electrons. The summed E-state index contributed by atoms with van der Waals surface area (Å²) in [4.78, 5) is 13.8. The van der Waals surface area contributed by atoms with Crippen LogP contribution in [0.5, 0.6) is 0 Å². The molecule has 0 aromatic carbocycles. The van der Waals surface area contributed by atoms with Gasteiger partial charge < -0.3 is 15.0 Å². The van der Waals surface area contributed by atoms with E-state index in [0.717, 1.165) is 25.1 Å². The van der Waals surface area contributed by atoms with E-state index >= 15 is 0 Å². The molecule has 2 rings (SSSR count). The van der Waals surface area contributed by atoms with Gasteiger partial charge >= 0.3 is 6.09 Å². The van der Waals surface area contributed by atoms with E-state index in [1.165, 1.54) is 11.5 Å². The Labute approximate surface area is 130 Å². The van der Waals surface area contributed by atoms with Crippen LogP contribution in [0.2, 0.25) is 0 Å². The summed E-state index contributed by atoms with van der Waals surface area (Å²) in [6.45, 7) is 10.0. The molecule has 1 aliphatic heterocycles. The number of carbonyl (C=O) groups excluding carboxylic acids is 1. The summed E-state index contributed by atoms with van der Waals surface area (Å²) in [5, 5.41) is 9.52. The zero-order chi connectivity index (χ0) is 15.5. The van der Waals surface area contributed by atoms with Gasteiger partial charge in [-0.05, 0) is 52.1 Å². The van der Waals surface area contributed by atoms with Crippen molar-refractivity contribution in [2.75, 3.05) is 13.1 Å². The fraction of sp³-hybridized carbons (Fsp3) is 0.786. The summed E-state index contributed by atoms with van der Waals surface area (Å²) in [5.41, 5.74) is 0.561. The van der Waals surface area contributed by atoms with Gasteiger partial charge in [0, 0.05) is 30.6 Å². The van der Waals surface area contributed by atoms with E-state index in [-0.39, 0.29) is 11.6 Å². The van der Waals surface area contributed by atoms with Gasteiger partial charge in [-0.3, -0.25) is 0 Å². The van der Waals surface area contributed by atoms with E-state index in [9.17, 15) is 4.79 Å². The Morgan fingerprint density at radius 1 is 1.48 bits per heavy atom. The summed E-state index contributed by atoms with van der Waals surface area (Å²) >= 11 is 1.36. The fourth-order valence-corrected chi connectivity index (χ4v) is 2.70. The molecule has 1 amide bonds. The normalized spacial score (nSPS) is 18.6. The molecular weight excluding hydrogens is 288 g/mol. The second kappa shape index (κ2) is 6.27. The number of likely N-dealkylation sites (tertiary alicyclic amines) is 1. The van der Waals surface area contributed by atoms with E-state index in [4.69, 9.17) is 4.74 Å². The number of aromatic nitrogens is 2. The highest BCUT2D eigenvalue weighted by atomic mass is 32.1. The number of ether oxygens (including phenoxy) is 1. The Hall–Kier alpha value is -1.21. The summed E-state index contributed by atoms with van der Waals surface area (Å²) < 4.78 is 9.27. The lowest BCUT2D eigenvalue weighted by atomic mass is 9.89.